The largest absolute Gasteiger partial charge is 1.00 e. The van der Waals surface area contributed by atoms with E-state index in [9.17, 15) is 18.3 Å². The van der Waals surface area contributed by atoms with Gasteiger partial charge in [-0.1, -0.05) is 6.58 Å². The van der Waals surface area contributed by atoms with Gasteiger partial charge in [-0.05, 0) is 5.57 Å². The normalized spacial score (nSPS) is 7.64. The molecule has 56 valence electrons. The summed E-state index contributed by atoms with van der Waals surface area (Å²) in [7, 11) is -2.33. The van der Waals surface area contributed by atoms with E-state index in [1.54, 1.807) is 0 Å². The average molecular weight is 184 g/mol. The Bertz CT molecular complexity index is 269. The average Bonchev–Trinajstić information content (AvgIpc) is 1.82. The SMILES string of the molecule is C=C(CC=S(=O)=O)C(=O)[O-].[Na+]. The molecule has 0 radical (unpaired) electrons. The molecule has 0 saturated carbocycles. The molecule has 4 nitrogen and oxygen atoms in total. The van der Waals surface area contributed by atoms with Crippen molar-refractivity contribution in [2.24, 2.45) is 0 Å². The fourth-order valence-electron chi connectivity index (χ4n) is 0.252. The van der Waals surface area contributed by atoms with Crippen LogP contribution in [0.1, 0.15) is 6.42 Å². The van der Waals surface area contributed by atoms with Gasteiger partial charge in [0.1, 0.15) is 0 Å². The van der Waals surface area contributed by atoms with Crippen LogP contribution in [-0.4, -0.2) is 19.8 Å². The van der Waals surface area contributed by atoms with Crippen LogP contribution in [0.25, 0.3) is 0 Å². The van der Waals surface area contributed by atoms with Crippen molar-refractivity contribution in [3.8, 4) is 0 Å². The van der Waals surface area contributed by atoms with Crippen molar-refractivity contribution < 1.29 is 47.9 Å². The van der Waals surface area contributed by atoms with E-state index >= 15 is 0 Å². The summed E-state index contributed by atoms with van der Waals surface area (Å²) in [5.41, 5.74) is -0.246. The quantitative estimate of drug-likeness (QED) is 0.251. The van der Waals surface area contributed by atoms with Crippen LogP contribution in [0, 0.1) is 0 Å². The molecule has 0 bridgehead atoms. The number of aliphatic carboxylic acids is 1. The Hall–Kier alpha value is -0.100. The minimum atomic E-state index is -2.33. The van der Waals surface area contributed by atoms with E-state index in [0.717, 1.165) is 5.37 Å². The molecule has 0 N–H and O–H groups in total. The number of carbonyl (C=O) groups excluding carboxylic acids is 1. The molecule has 0 aromatic heterocycles. The summed E-state index contributed by atoms with van der Waals surface area (Å²) in [5.74, 6) is -1.43. The maximum atomic E-state index is 9.88. The van der Waals surface area contributed by atoms with Gasteiger partial charge >= 0.3 is 29.6 Å². The maximum Gasteiger partial charge on any atom is 1.00 e. The Morgan fingerprint density at radius 2 is 2.00 bits per heavy atom. The summed E-state index contributed by atoms with van der Waals surface area (Å²) in [5, 5.41) is 10.7. The molecular formula is C5H5NaO4S. The summed E-state index contributed by atoms with van der Waals surface area (Å²) in [6, 6.07) is 0. The first-order valence-electron chi connectivity index (χ1n) is 2.34. The van der Waals surface area contributed by atoms with Gasteiger partial charge in [-0.3, -0.25) is 0 Å². The number of carboxylic acids is 1. The Balaban J connectivity index is 0. The van der Waals surface area contributed by atoms with Crippen LogP contribution in [0.2, 0.25) is 0 Å². The van der Waals surface area contributed by atoms with Crippen molar-refractivity contribution in [1.82, 2.24) is 0 Å². The number of carbonyl (C=O) groups is 1. The first-order valence-corrected chi connectivity index (χ1v) is 3.48. The molecule has 0 rings (SSSR count). The molecule has 0 heterocycles. The molecule has 6 heteroatoms. The minimum Gasteiger partial charge on any atom is -0.545 e. The molecule has 0 fully saturated rings. The first-order chi connectivity index (χ1) is 4.54. The van der Waals surface area contributed by atoms with E-state index in [1.807, 2.05) is 0 Å². The summed E-state index contributed by atoms with van der Waals surface area (Å²) in [6.45, 7) is 3.06. The van der Waals surface area contributed by atoms with Crippen LogP contribution in [0.4, 0.5) is 0 Å². The Labute approximate surface area is 87.7 Å². The fraction of sp³-hybridized carbons (Fsp3) is 0.200. The monoisotopic (exact) mass is 184 g/mol. The van der Waals surface area contributed by atoms with Crippen LogP contribution < -0.4 is 34.7 Å². The summed E-state index contributed by atoms with van der Waals surface area (Å²) in [6.07, 6.45) is -0.196. The Morgan fingerprint density at radius 1 is 1.55 bits per heavy atom. The number of hydrogen-bond acceptors (Lipinski definition) is 4. The van der Waals surface area contributed by atoms with Crippen LogP contribution in [0.15, 0.2) is 12.2 Å². The molecule has 0 aliphatic heterocycles. The molecule has 11 heavy (non-hydrogen) atoms. The predicted molar refractivity (Wildman–Crippen MR) is 33.7 cm³/mol. The van der Waals surface area contributed by atoms with Gasteiger partial charge in [0.25, 0.3) is 0 Å². The molecule has 0 aliphatic carbocycles. The molecule has 0 aliphatic rings. The molecule has 0 amide bonds. The Kier molecular flexibility index (Phi) is 8.09. The van der Waals surface area contributed by atoms with Gasteiger partial charge in [0.15, 0.2) is 0 Å². The van der Waals surface area contributed by atoms with E-state index in [4.69, 9.17) is 0 Å². The predicted octanol–water partition coefficient (Wildman–Crippen LogP) is -4.63. The van der Waals surface area contributed by atoms with E-state index in [-0.39, 0.29) is 41.6 Å². The zero-order valence-corrected chi connectivity index (χ0v) is 8.85. The maximum absolute atomic E-state index is 9.88. The van der Waals surface area contributed by atoms with Crippen molar-refractivity contribution >= 4 is 21.6 Å². The third-order valence-electron chi connectivity index (χ3n) is 0.754. The van der Waals surface area contributed by atoms with E-state index in [0.29, 0.717) is 0 Å². The topological polar surface area (TPSA) is 74.3 Å². The van der Waals surface area contributed by atoms with Crippen LogP contribution >= 0.6 is 0 Å². The van der Waals surface area contributed by atoms with Crippen LogP contribution in [0.3, 0.4) is 0 Å². The van der Waals surface area contributed by atoms with Gasteiger partial charge in [-0.15, -0.1) is 0 Å². The standard InChI is InChI=1S/C5H6O4S.Na/c1-4(5(6)7)2-3-10(8)9;/h3H,1-2H2,(H,6,7);/q;+1/p-1. The zero-order chi connectivity index (χ0) is 8.15. The summed E-state index contributed by atoms with van der Waals surface area (Å²) < 4.78 is 19.6. The molecule has 0 saturated heterocycles. The van der Waals surface area contributed by atoms with Crippen molar-refractivity contribution in [3.63, 3.8) is 0 Å². The van der Waals surface area contributed by atoms with Crippen LogP contribution in [0.5, 0.6) is 0 Å². The molecule has 0 unspecified atom stereocenters. The van der Waals surface area contributed by atoms with E-state index in [2.05, 4.69) is 6.58 Å². The van der Waals surface area contributed by atoms with E-state index in [1.165, 1.54) is 0 Å². The van der Waals surface area contributed by atoms with Gasteiger partial charge in [0.05, 0.1) is 5.97 Å². The third kappa shape index (κ3) is 7.80. The van der Waals surface area contributed by atoms with Gasteiger partial charge in [-0.25, -0.2) is 0 Å². The molecule has 0 spiro atoms. The molecule has 0 atom stereocenters. The van der Waals surface area contributed by atoms with Gasteiger partial charge < -0.3 is 9.90 Å². The third-order valence-corrected chi connectivity index (χ3v) is 1.19. The second-order valence-electron chi connectivity index (χ2n) is 1.52. The second-order valence-corrected chi connectivity index (χ2v) is 2.38. The van der Waals surface area contributed by atoms with Gasteiger partial charge in [0.2, 0.25) is 10.3 Å². The van der Waals surface area contributed by atoms with Crippen molar-refractivity contribution in [2.45, 2.75) is 6.42 Å². The number of rotatable bonds is 3. The second kappa shape index (κ2) is 6.60. The van der Waals surface area contributed by atoms with Crippen molar-refractivity contribution in [2.75, 3.05) is 0 Å². The summed E-state index contributed by atoms with van der Waals surface area (Å²) >= 11 is 0. The molecule has 0 aromatic rings. The first kappa shape index (κ1) is 13.5. The zero-order valence-electron chi connectivity index (χ0n) is 6.03. The number of hydrogen-bond donors (Lipinski definition) is 0. The molecular weight excluding hydrogens is 179 g/mol. The smallest absolute Gasteiger partial charge is 0.545 e. The molecule has 0 aromatic carbocycles. The Morgan fingerprint density at radius 3 is 2.27 bits per heavy atom. The van der Waals surface area contributed by atoms with Crippen LogP contribution in [-0.2, 0) is 15.1 Å². The van der Waals surface area contributed by atoms with Crippen molar-refractivity contribution in [3.05, 3.63) is 12.2 Å². The fourth-order valence-corrected chi connectivity index (χ4v) is 0.589. The van der Waals surface area contributed by atoms with Crippen molar-refractivity contribution in [1.29, 1.82) is 0 Å². The summed E-state index contributed by atoms with van der Waals surface area (Å²) in [4.78, 5) is 9.88. The van der Waals surface area contributed by atoms with Gasteiger partial charge in [-0.2, -0.15) is 8.42 Å². The number of carboxylic acid groups (broad SMARTS) is 1. The van der Waals surface area contributed by atoms with Gasteiger partial charge in [0, 0.05) is 11.8 Å². The van der Waals surface area contributed by atoms with E-state index < -0.39 is 16.3 Å². The minimum absolute atomic E-state index is 0.